The number of nitrogens with two attached hydrogens (primary N) is 1. The minimum atomic E-state index is -1.32. The minimum Gasteiger partial charge on any atom is -0.493 e. The molecule has 1 aliphatic rings. The van der Waals surface area contributed by atoms with Crippen molar-refractivity contribution in [2.45, 2.75) is 51.4 Å². The van der Waals surface area contributed by atoms with Gasteiger partial charge in [0.1, 0.15) is 30.4 Å². The van der Waals surface area contributed by atoms with Crippen molar-refractivity contribution < 1.29 is 24.8 Å². The molecule has 0 saturated carbocycles. The van der Waals surface area contributed by atoms with Crippen LogP contribution in [-0.2, 0) is 11.3 Å². The summed E-state index contributed by atoms with van der Waals surface area (Å²) in [6, 6.07) is 16.2. The van der Waals surface area contributed by atoms with Crippen LogP contribution in [0.3, 0.4) is 0 Å². The van der Waals surface area contributed by atoms with E-state index in [0.29, 0.717) is 30.3 Å². The standard InChI is InChI=1S/C30H39N7O5/c1-3-36(4-2)13-8-14-41-22-15-19(11-12-21(22)20-9-6-5-7-10-20)16-32-30-35-24-27(31)33-18-34-28(24)37(30)29-26(40)25(39)23(17-38)42-29/h5-7,9-12,15,18,23,25-26,29,38-40H,3-4,8,13-14,16-17H2,1-2H3,(H,32,35)(H2,31,33,34)/t23-,25?,26?,29-/m1/s1. The number of nitrogen functional groups attached to an aromatic ring is 1. The molecule has 0 radical (unpaired) electrons. The number of nitrogens with one attached hydrogen (secondary N) is 1. The van der Waals surface area contributed by atoms with Crippen molar-refractivity contribution in [2.24, 2.45) is 0 Å². The van der Waals surface area contributed by atoms with E-state index in [2.05, 4.69) is 51.1 Å². The van der Waals surface area contributed by atoms with E-state index in [-0.39, 0.29) is 5.82 Å². The molecule has 1 fully saturated rings. The number of ether oxygens (including phenoxy) is 2. The van der Waals surface area contributed by atoms with Gasteiger partial charge in [-0.25, -0.2) is 15.0 Å². The average Bonchev–Trinajstić information content (AvgIpc) is 3.53. The molecule has 1 aliphatic heterocycles. The summed E-state index contributed by atoms with van der Waals surface area (Å²) in [4.78, 5) is 15.3. The highest BCUT2D eigenvalue weighted by Gasteiger charge is 2.45. The van der Waals surface area contributed by atoms with E-state index < -0.39 is 31.1 Å². The Bertz CT molecular complexity index is 1460. The third-order valence-electron chi connectivity index (χ3n) is 7.63. The zero-order valence-corrected chi connectivity index (χ0v) is 23.9. The molecular formula is C30H39N7O5. The third-order valence-corrected chi connectivity index (χ3v) is 7.63. The third kappa shape index (κ3) is 6.18. The van der Waals surface area contributed by atoms with Gasteiger partial charge in [0.15, 0.2) is 23.2 Å². The maximum absolute atomic E-state index is 10.8. The molecule has 12 heteroatoms. The van der Waals surface area contributed by atoms with Gasteiger partial charge in [-0.1, -0.05) is 56.3 Å². The number of anilines is 2. The predicted molar refractivity (Wildman–Crippen MR) is 160 cm³/mol. The summed E-state index contributed by atoms with van der Waals surface area (Å²) in [5.74, 6) is 1.27. The molecule has 1 saturated heterocycles. The number of aliphatic hydroxyl groups is 3. The minimum absolute atomic E-state index is 0.168. The maximum atomic E-state index is 10.8. The van der Waals surface area contributed by atoms with Crippen LogP contribution >= 0.6 is 0 Å². The second-order valence-corrected chi connectivity index (χ2v) is 10.2. The number of benzene rings is 2. The van der Waals surface area contributed by atoms with Gasteiger partial charge in [-0.2, -0.15) is 0 Å². The number of imidazole rings is 1. The molecule has 2 aromatic carbocycles. The molecule has 0 aliphatic carbocycles. The lowest BCUT2D eigenvalue weighted by molar-refractivity contribution is -0.0501. The molecule has 4 aromatic rings. The van der Waals surface area contributed by atoms with E-state index in [1.807, 2.05) is 36.4 Å². The Morgan fingerprint density at radius 3 is 2.57 bits per heavy atom. The summed E-state index contributed by atoms with van der Waals surface area (Å²) < 4.78 is 13.7. The van der Waals surface area contributed by atoms with Crippen LogP contribution in [0.25, 0.3) is 22.3 Å². The zero-order valence-electron chi connectivity index (χ0n) is 23.9. The maximum Gasteiger partial charge on any atom is 0.207 e. The highest BCUT2D eigenvalue weighted by molar-refractivity contribution is 5.84. The van der Waals surface area contributed by atoms with Gasteiger partial charge < -0.3 is 40.7 Å². The van der Waals surface area contributed by atoms with Crippen molar-refractivity contribution in [3.63, 3.8) is 0 Å². The Hall–Kier alpha value is -3.81. The molecule has 2 aromatic heterocycles. The monoisotopic (exact) mass is 577 g/mol. The number of hydrogen-bond donors (Lipinski definition) is 5. The second kappa shape index (κ2) is 13.4. The molecule has 4 atom stereocenters. The van der Waals surface area contributed by atoms with Crippen molar-refractivity contribution >= 4 is 22.9 Å². The fourth-order valence-corrected chi connectivity index (χ4v) is 5.23. The molecule has 12 nitrogen and oxygen atoms in total. The van der Waals surface area contributed by atoms with Crippen LogP contribution in [0.2, 0.25) is 0 Å². The van der Waals surface area contributed by atoms with Gasteiger partial charge in [-0.15, -0.1) is 0 Å². The van der Waals surface area contributed by atoms with Crippen LogP contribution < -0.4 is 15.8 Å². The van der Waals surface area contributed by atoms with Crippen LogP contribution in [0.5, 0.6) is 5.75 Å². The van der Waals surface area contributed by atoms with Gasteiger partial charge in [0.05, 0.1) is 13.2 Å². The van der Waals surface area contributed by atoms with E-state index in [4.69, 9.17) is 15.2 Å². The number of aromatic nitrogens is 4. The molecule has 0 bridgehead atoms. The number of fused-ring (bicyclic) bond motifs is 1. The fraction of sp³-hybridized carbons (Fsp3) is 0.433. The SMILES string of the molecule is CCN(CC)CCCOc1cc(CNc2nc3c(N)ncnc3n2[C@@H]2O[C@H](CO)C(O)C2O)ccc1-c1ccccc1. The largest absolute Gasteiger partial charge is 0.493 e. The molecule has 3 heterocycles. The normalized spacial score (nSPS) is 20.4. The molecule has 0 amide bonds. The van der Waals surface area contributed by atoms with Crippen molar-refractivity contribution in [1.29, 1.82) is 0 Å². The average molecular weight is 578 g/mol. The van der Waals surface area contributed by atoms with Crippen molar-refractivity contribution in [2.75, 3.05) is 43.9 Å². The van der Waals surface area contributed by atoms with Gasteiger partial charge >= 0.3 is 0 Å². The molecule has 6 N–H and O–H groups in total. The Morgan fingerprint density at radius 2 is 1.86 bits per heavy atom. The number of hydrogen-bond acceptors (Lipinski definition) is 11. The molecule has 2 unspecified atom stereocenters. The van der Waals surface area contributed by atoms with E-state index in [0.717, 1.165) is 48.5 Å². The molecule has 42 heavy (non-hydrogen) atoms. The molecular weight excluding hydrogens is 538 g/mol. The zero-order chi connectivity index (χ0) is 29.6. The lowest BCUT2D eigenvalue weighted by atomic mass is 10.0. The summed E-state index contributed by atoms with van der Waals surface area (Å²) in [7, 11) is 0. The van der Waals surface area contributed by atoms with Crippen LogP contribution in [0, 0.1) is 0 Å². The number of nitrogens with zero attached hydrogens (tertiary/aromatic N) is 5. The second-order valence-electron chi connectivity index (χ2n) is 10.2. The van der Waals surface area contributed by atoms with E-state index >= 15 is 0 Å². The Morgan fingerprint density at radius 1 is 1.07 bits per heavy atom. The summed E-state index contributed by atoms with van der Waals surface area (Å²) in [6.45, 7) is 7.81. The lowest BCUT2D eigenvalue weighted by Crippen LogP contribution is -2.33. The summed E-state index contributed by atoms with van der Waals surface area (Å²) in [5.41, 5.74) is 9.74. The van der Waals surface area contributed by atoms with Crippen molar-refractivity contribution in [1.82, 2.24) is 24.4 Å². The van der Waals surface area contributed by atoms with Gasteiger partial charge in [0, 0.05) is 18.7 Å². The molecule has 5 rings (SSSR count). The van der Waals surface area contributed by atoms with E-state index in [1.54, 1.807) is 4.57 Å². The fourth-order valence-electron chi connectivity index (χ4n) is 5.23. The Kier molecular flexibility index (Phi) is 9.50. The predicted octanol–water partition coefficient (Wildman–Crippen LogP) is 2.41. The highest BCUT2D eigenvalue weighted by atomic mass is 16.6. The first-order chi connectivity index (χ1) is 20.4. The highest BCUT2D eigenvalue weighted by Crippen LogP contribution is 2.36. The lowest BCUT2D eigenvalue weighted by Gasteiger charge is -2.20. The van der Waals surface area contributed by atoms with Crippen molar-refractivity contribution in [3.8, 4) is 16.9 Å². The van der Waals surface area contributed by atoms with Crippen LogP contribution in [-0.4, -0.2) is 90.9 Å². The first-order valence-corrected chi connectivity index (χ1v) is 14.3. The first kappa shape index (κ1) is 29.7. The quantitative estimate of drug-likeness (QED) is 0.148. The Balaban J connectivity index is 1.41. The number of rotatable bonds is 13. The summed E-state index contributed by atoms with van der Waals surface area (Å²) in [6.07, 6.45) is -2.40. The smallest absolute Gasteiger partial charge is 0.207 e. The summed E-state index contributed by atoms with van der Waals surface area (Å²) in [5, 5.41) is 34.1. The van der Waals surface area contributed by atoms with Crippen molar-refractivity contribution in [3.05, 3.63) is 60.4 Å². The van der Waals surface area contributed by atoms with Crippen LogP contribution in [0.15, 0.2) is 54.9 Å². The van der Waals surface area contributed by atoms with Gasteiger partial charge in [-0.05, 0) is 36.7 Å². The molecule has 0 spiro atoms. The van der Waals surface area contributed by atoms with Gasteiger partial charge in [0.25, 0.3) is 0 Å². The first-order valence-electron chi connectivity index (χ1n) is 14.3. The topological polar surface area (TPSA) is 164 Å². The van der Waals surface area contributed by atoms with Crippen LogP contribution in [0.4, 0.5) is 11.8 Å². The van der Waals surface area contributed by atoms with Crippen LogP contribution in [0.1, 0.15) is 32.1 Å². The summed E-state index contributed by atoms with van der Waals surface area (Å²) >= 11 is 0. The number of aliphatic hydroxyl groups excluding tert-OH is 3. The molecule has 224 valence electrons. The van der Waals surface area contributed by atoms with E-state index in [1.165, 1.54) is 6.33 Å². The van der Waals surface area contributed by atoms with Gasteiger partial charge in [-0.3, -0.25) is 4.57 Å². The Labute approximate surface area is 244 Å². The van der Waals surface area contributed by atoms with Gasteiger partial charge in [0.2, 0.25) is 5.95 Å². The van der Waals surface area contributed by atoms with E-state index in [9.17, 15) is 15.3 Å².